The smallest absolute Gasteiger partial charge is 0.0377 e. The van der Waals surface area contributed by atoms with Crippen LogP contribution in [0.3, 0.4) is 0 Å². The first-order valence-corrected chi connectivity index (χ1v) is 9.02. The molecule has 2 aromatic rings. The Labute approximate surface area is 163 Å². The van der Waals surface area contributed by atoms with Gasteiger partial charge in [-0.05, 0) is 41.5 Å². The minimum atomic E-state index is 0. The van der Waals surface area contributed by atoms with Crippen molar-refractivity contribution in [3.63, 3.8) is 0 Å². The highest BCUT2D eigenvalue weighted by Gasteiger charge is 2.33. The molecule has 1 atom stereocenters. The van der Waals surface area contributed by atoms with Gasteiger partial charge in [0.1, 0.15) is 0 Å². The zero-order valence-electron chi connectivity index (χ0n) is 14.6. The van der Waals surface area contributed by atoms with Crippen LogP contribution < -0.4 is 5.32 Å². The fraction of sp³-hybridized carbons (Fsp3) is 0.429. The Bertz CT molecular complexity index is 637. The Morgan fingerprint density at radius 2 is 1.52 bits per heavy atom. The lowest BCUT2D eigenvalue weighted by atomic mass is 9.76. The molecule has 1 N–H and O–H groups in total. The third-order valence-electron chi connectivity index (χ3n) is 5.48. The lowest BCUT2D eigenvalue weighted by Crippen LogP contribution is -2.47. The van der Waals surface area contributed by atoms with Gasteiger partial charge in [0, 0.05) is 32.2 Å². The molecule has 2 nitrogen and oxygen atoms in total. The number of piperazine rings is 1. The maximum atomic E-state index is 3.49. The first kappa shape index (κ1) is 20.3. The van der Waals surface area contributed by atoms with Gasteiger partial charge >= 0.3 is 0 Å². The van der Waals surface area contributed by atoms with Crippen LogP contribution in [0.2, 0.25) is 0 Å². The molecule has 1 saturated heterocycles. The number of halogens is 2. The quantitative estimate of drug-likeness (QED) is 0.809. The third-order valence-corrected chi connectivity index (χ3v) is 5.48. The molecule has 25 heavy (non-hydrogen) atoms. The highest BCUT2D eigenvalue weighted by molar-refractivity contribution is 5.85. The Morgan fingerprint density at radius 1 is 0.840 bits per heavy atom. The standard InChI is InChI=1S/C21H26N2.2ClH/c1-2-6-17(7-3-1)19-10-5-11-20(16-19)21(18-8-4-9-18)23-14-12-22-13-15-23;;/h1-3,5-7,10-11,16,18,21-22H,4,8-9,12-15H2;2*1H/t21-;;/m0../s1. The molecule has 0 unspecified atom stereocenters. The van der Waals surface area contributed by atoms with E-state index in [0.717, 1.165) is 19.0 Å². The average molecular weight is 379 g/mol. The van der Waals surface area contributed by atoms with Crippen LogP contribution in [0.4, 0.5) is 0 Å². The Balaban J connectivity index is 0.00000113. The molecule has 0 amide bonds. The van der Waals surface area contributed by atoms with Crippen molar-refractivity contribution in [2.75, 3.05) is 26.2 Å². The third kappa shape index (κ3) is 4.57. The summed E-state index contributed by atoms with van der Waals surface area (Å²) in [4.78, 5) is 2.71. The highest BCUT2D eigenvalue weighted by Crippen LogP contribution is 2.42. The van der Waals surface area contributed by atoms with Gasteiger partial charge in [-0.25, -0.2) is 0 Å². The van der Waals surface area contributed by atoms with Gasteiger partial charge in [-0.2, -0.15) is 0 Å². The number of hydrogen-bond acceptors (Lipinski definition) is 2. The van der Waals surface area contributed by atoms with E-state index in [-0.39, 0.29) is 24.8 Å². The summed E-state index contributed by atoms with van der Waals surface area (Å²) >= 11 is 0. The Hall–Kier alpha value is -1.06. The molecule has 2 fully saturated rings. The summed E-state index contributed by atoms with van der Waals surface area (Å²) in [5.41, 5.74) is 4.18. The zero-order chi connectivity index (χ0) is 15.5. The topological polar surface area (TPSA) is 15.3 Å². The van der Waals surface area contributed by atoms with Crippen molar-refractivity contribution in [1.29, 1.82) is 0 Å². The number of nitrogens with zero attached hydrogens (tertiary/aromatic N) is 1. The van der Waals surface area contributed by atoms with Crippen LogP contribution in [0.5, 0.6) is 0 Å². The van der Waals surface area contributed by atoms with Gasteiger partial charge in [0.05, 0.1) is 0 Å². The summed E-state index contributed by atoms with van der Waals surface area (Å²) in [6.07, 6.45) is 4.19. The SMILES string of the molecule is Cl.Cl.c1ccc(-c2cccc([C@H](C3CCC3)N3CCNCC3)c2)cc1. The molecule has 1 aliphatic carbocycles. The summed E-state index contributed by atoms with van der Waals surface area (Å²) in [7, 11) is 0. The fourth-order valence-corrected chi connectivity index (χ4v) is 4.03. The van der Waals surface area contributed by atoms with Crippen molar-refractivity contribution in [2.45, 2.75) is 25.3 Å². The Kier molecular flexibility index (Phi) is 7.77. The number of hydrogen-bond donors (Lipinski definition) is 1. The predicted octanol–water partition coefficient (Wildman–Crippen LogP) is 4.94. The monoisotopic (exact) mass is 378 g/mol. The van der Waals surface area contributed by atoms with Crippen molar-refractivity contribution in [1.82, 2.24) is 10.2 Å². The van der Waals surface area contributed by atoms with Gasteiger partial charge in [0.15, 0.2) is 0 Å². The lowest BCUT2D eigenvalue weighted by Gasteiger charge is -2.43. The number of nitrogens with one attached hydrogen (secondary N) is 1. The van der Waals surface area contributed by atoms with Crippen LogP contribution in [-0.4, -0.2) is 31.1 Å². The highest BCUT2D eigenvalue weighted by atomic mass is 35.5. The largest absolute Gasteiger partial charge is 0.314 e. The van der Waals surface area contributed by atoms with Crippen LogP contribution >= 0.6 is 24.8 Å². The second-order valence-electron chi connectivity index (χ2n) is 6.91. The van der Waals surface area contributed by atoms with E-state index in [1.54, 1.807) is 0 Å². The van der Waals surface area contributed by atoms with Crippen LogP contribution in [0, 0.1) is 5.92 Å². The first-order valence-electron chi connectivity index (χ1n) is 9.02. The van der Waals surface area contributed by atoms with Gasteiger partial charge in [0.2, 0.25) is 0 Å². The minimum absolute atomic E-state index is 0. The van der Waals surface area contributed by atoms with Gasteiger partial charge < -0.3 is 5.32 Å². The molecule has 1 heterocycles. The maximum absolute atomic E-state index is 3.49. The minimum Gasteiger partial charge on any atom is -0.314 e. The maximum Gasteiger partial charge on any atom is 0.0377 e. The number of rotatable bonds is 4. The van der Waals surface area contributed by atoms with E-state index in [1.165, 1.54) is 49.0 Å². The van der Waals surface area contributed by atoms with E-state index in [1.807, 2.05) is 0 Å². The molecule has 0 radical (unpaired) electrons. The lowest BCUT2D eigenvalue weighted by molar-refractivity contribution is 0.0837. The molecule has 4 heteroatoms. The second kappa shape index (κ2) is 9.59. The van der Waals surface area contributed by atoms with E-state index in [9.17, 15) is 0 Å². The molecule has 2 aromatic carbocycles. The van der Waals surface area contributed by atoms with Gasteiger partial charge in [-0.15, -0.1) is 24.8 Å². The average Bonchev–Trinajstić information content (AvgIpc) is 2.59. The van der Waals surface area contributed by atoms with Crippen LogP contribution in [0.25, 0.3) is 11.1 Å². The molecule has 0 aromatic heterocycles. The van der Waals surface area contributed by atoms with Gasteiger partial charge in [0.25, 0.3) is 0 Å². The van der Waals surface area contributed by atoms with Crippen molar-refractivity contribution >= 4 is 24.8 Å². The summed E-state index contributed by atoms with van der Waals surface area (Å²) in [6.45, 7) is 4.61. The normalized spacial score (nSPS) is 19.2. The summed E-state index contributed by atoms with van der Waals surface area (Å²) in [5.74, 6) is 0.846. The van der Waals surface area contributed by atoms with Crippen molar-refractivity contribution < 1.29 is 0 Å². The van der Waals surface area contributed by atoms with Crippen LogP contribution in [-0.2, 0) is 0 Å². The van der Waals surface area contributed by atoms with E-state index in [0.29, 0.717) is 6.04 Å². The number of benzene rings is 2. The molecule has 4 rings (SSSR count). The molecule has 1 aliphatic heterocycles. The van der Waals surface area contributed by atoms with Crippen LogP contribution in [0.1, 0.15) is 30.9 Å². The molecule has 136 valence electrons. The van der Waals surface area contributed by atoms with Crippen molar-refractivity contribution in [3.05, 3.63) is 60.2 Å². The molecule has 1 saturated carbocycles. The predicted molar refractivity (Wildman–Crippen MR) is 111 cm³/mol. The van der Waals surface area contributed by atoms with Crippen LogP contribution in [0.15, 0.2) is 54.6 Å². The summed E-state index contributed by atoms with van der Waals surface area (Å²) < 4.78 is 0. The van der Waals surface area contributed by atoms with Gasteiger partial charge in [-0.3, -0.25) is 4.90 Å². The molecule has 2 aliphatic rings. The summed E-state index contributed by atoms with van der Waals surface area (Å²) in [5, 5.41) is 3.49. The molecule has 0 spiro atoms. The second-order valence-corrected chi connectivity index (χ2v) is 6.91. The Morgan fingerprint density at radius 3 is 2.16 bits per heavy atom. The summed E-state index contributed by atoms with van der Waals surface area (Å²) in [6, 6.07) is 20.6. The fourth-order valence-electron chi connectivity index (χ4n) is 4.03. The van der Waals surface area contributed by atoms with E-state index in [2.05, 4.69) is 64.8 Å². The van der Waals surface area contributed by atoms with Crippen molar-refractivity contribution in [2.24, 2.45) is 5.92 Å². The van der Waals surface area contributed by atoms with Crippen molar-refractivity contribution in [3.8, 4) is 11.1 Å². The first-order chi connectivity index (χ1) is 11.4. The molecular formula is C21H28Cl2N2. The van der Waals surface area contributed by atoms with E-state index < -0.39 is 0 Å². The van der Waals surface area contributed by atoms with Gasteiger partial charge in [-0.1, -0.05) is 55.0 Å². The molecular weight excluding hydrogens is 351 g/mol. The van der Waals surface area contributed by atoms with E-state index in [4.69, 9.17) is 0 Å². The van der Waals surface area contributed by atoms with E-state index >= 15 is 0 Å². The molecule has 0 bridgehead atoms. The zero-order valence-corrected chi connectivity index (χ0v) is 16.2.